The Labute approximate surface area is 201 Å². The zero-order valence-corrected chi connectivity index (χ0v) is 18.7. The summed E-state index contributed by atoms with van der Waals surface area (Å²) in [7, 11) is 0. The molecule has 0 saturated heterocycles. The van der Waals surface area contributed by atoms with E-state index in [1.807, 2.05) is 91.0 Å². The molecule has 0 unspecified atom stereocenters. The SMILES string of the molecule is Oc1cc2ccccc2c(C(c2cccc3ccccc23)c2c(O)c(O)cc3ccccc23)c1O. The number of hydrogen-bond donors (Lipinski definition) is 4. The van der Waals surface area contributed by atoms with Crippen molar-refractivity contribution in [3.8, 4) is 23.0 Å². The Morgan fingerprint density at radius 1 is 0.429 bits per heavy atom. The minimum atomic E-state index is -0.699. The molecule has 0 aromatic heterocycles. The van der Waals surface area contributed by atoms with E-state index in [-0.39, 0.29) is 23.0 Å². The Balaban J connectivity index is 1.84. The quantitative estimate of drug-likeness (QED) is 0.168. The van der Waals surface area contributed by atoms with Gasteiger partial charge in [-0.15, -0.1) is 0 Å². The lowest BCUT2D eigenvalue weighted by molar-refractivity contribution is 0.395. The van der Waals surface area contributed by atoms with Crippen LogP contribution in [0.25, 0.3) is 32.3 Å². The van der Waals surface area contributed by atoms with Crippen molar-refractivity contribution in [2.45, 2.75) is 5.92 Å². The number of phenols is 4. The molecule has 6 rings (SSSR count). The minimum Gasteiger partial charge on any atom is -0.504 e. The van der Waals surface area contributed by atoms with Gasteiger partial charge in [0.1, 0.15) is 0 Å². The van der Waals surface area contributed by atoms with Crippen molar-refractivity contribution in [2.24, 2.45) is 0 Å². The third kappa shape index (κ3) is 3.22. The number of fused-ring (bicyclic) bond motifs is 3. The summed E-state index contributed by atoms with van der Waals surface area (Å²) in [6.45, 7) is 0. The lowest BCUT2D eigenvalue weighted by Crippen LogP contribution is -2.07. The van der Waals surface area contributed by atoms with Crippen molar-refractivity contribution < 1.29 is 20.4 Å². The van der Waals surface area contributed by atoms with Gasteiger partial charge in [0, 0.05) is 17.0 Å². The maximum atomic E-state index is 11.3. The lowest BCUT2D eigenvalue weighted by Gasteiger charge is -2.26. The van der Waals surface area contributed by atoms with Crippen LogP contribution in [0.4, 0.5) is 0 Å². The first-order valence-electron chi connectivity index (χ1n) is 11.4. The second-order valence-electron chi connectivity index (χ2n) is 8.76. The van der Waals surface area contributed by atoms with Crippen molar-refractivity contribution in [3.63, 3.8) is 0 Å². The molecule has 6 aromatic carbocycles. The first kappa shape index (κ1) is 20.9. The molecular formula is C31H22O4. The summed E-state index contributed by atoms with van der Waals surface area (Å²) in [6, 6.07) is 31.9. The molecule has 0 bridgehead atoms. The van der Waals surface area contributed by atoms with Crippen molar-refractivity contribution in [1.82, 2.24) is 0 Å². The summed E-state index contributed by atoms with van der Waals surface area (Å²) < 4.78 is 0. The average molecular weight is 459 g/mol. The number of rotatable bonds is 3. The van der Waals surface area contributed by atoms with E-state index in [1.54, 1.807) is 0 Å². The first-order chi connectivity index (χ1) is 17.0. The lowest BCUT2D eigenvalue weighted by atomic mass is 9.78. The van der Waals surface area contributed by atoms with Gasteiger partial charge in [0.15, 0.2) is 23.0 Å². The molecule has 0 radical (unpaired) electrons. The van der Waals surface area contributed by atoms with Gasteiger partial charge in [0.25, 0.3) is 0 Å². The summed E-state index contributed by atoms with van der Waals surface area (Å²) in [5, 5.41) is 49.0. The van der Waals surface area contributed by atoms with E-state index >= 15 is 0 Å². The van der Waals surface area contributed by atoms with Gasteiger partial charge in [-0.25, -0.2) is 0 Å². The van der Waals surface area contributed by atoms with Crippen LogP contribution in [0, 0.1) is 0 Å². The summed E-state index contributed by atoms with van der Waals surface area (Å²) in [5.41, 5.74) is 1.76. The maximum Gasteiger partial charge on any atom is 0.162 e. The molecule has 4 N–H and O–H groups in total. The van der Waals surface area contributed by atoms with Crippen LogP contribution in [0.5, 0.6) is 23.0 Å². The molecule has 4 nitrogen and oxygen atoms in total. The van der Waals surface area contributed by atoms with Gasteiger partial charge in [-0.1, -0.05) is 91.0 Å². The van der Waals surface area contributed by atoms with Crippen LogP contribution in [0.2, 0.25) is 0 Å². The first-order valence-corrected chi connectivity index (χ1v) is 11.4. The molecular weight excluding hydrogens is 436 g/mol. The van der Waals surface area contributed by atoms with E-state index in [4.69, 9.17) is 0 Å². The van der Waals surface area contributed by atoms with Crippen LogP contribution in [0.15, 0.2) is 103 Å². The van der Waals surface area contributed by atoms with E-state index < -0.39 is 5.92 Å². The van der Waals surface area contributed by atoms with Crippen LogP contribution >= 0.6 is 0 Å². The summed E-state index contributed by atoms with van der Waals surface area (Å²) >= 11 is 0. The molecule has 0 saturated carbocycles. The van der Waals surface area contributed by atoms with E-state index in [2.05, 4.69) is 0 Å². The van der Waals surface area contributed by atoms with Gasteiger partial charge in [0.2, 0.25) is 0 Å². The predicted molar refractivity (Wildman–Crippen MR) is 139 cm³/mol. The highest BCUT2D eigenvalue weighted by atomic mass is 16.3. The Kier molecular flexibility index (Phi) is 4.75. The Morgan fingerprint density at radius 2 is 0.857 bits per heavy atom. The zero-order valence-electron chi connectivity index (χ0n) is 18.7. The monoisotopic (exact) mass is 458 g/mol. The maximum absolute atomic E-state index is 11.3. The average Bonchev–Trinajstić information content (AvgIpc) is 2.88. The molecule has 0 atom stereocenters. The van der Waals surface area contributed by atoms with Gasteiger partial charge in [-0.05, 0) is 50.0 Å². The highest BCUT2D eigenvalue weighted by Crippen LogP contribution is 2.51. The van der Waals surface area contributed by atoms with E-state index in [0.717, 1.165) is 37.9 Å². The van der Waals surface area contributed by atoms with Crippen LogP contribution in [0.1, 0.15) is 22.6 Å². The Bertz CT molecular complexity index is 1660. The molecule has 0 spiro atoms. The molecule has 0 fully saturated rings. The van der Waals surface area contributed by atoms with Crippen LogP contribution in [0.3, 0.4) is 0 Å². The smallest absolute Gasteiger partial charge is 0.162 e. The fourth-order valence-corrected chi connectivity index (χ4v) is 5.24. The second kappa shape index (κ2) is 7.96. The highest BCUT2D eigenvalue weighted by molar-refractivity contribution is 5.97. The van der Waals surface area contributed by atoms with E-state index in [9.17, 15) is 20.4 Å². The summed E-state index contributed by atoms with van der Waals surface area (Å²) in [4.78, 5) is 0. The molecule has 0 aliphatic rings. The molecule has 4 heteroatoms. The fraction of sp³-hybridized carbons (Fsp3) is 0.0323. The third-order valence-corrected chi connectivity index (χ3v) is 6.79. The molecule has 170 valence electrons. The predicted octanol–water partition coefficient (Wildman–Crippen LogP) is 7.15. The molecule has 0 aliphatic carbocycles. The van der Waals surface area contributed by atoms with Crippen LogP contribution in [-0.2, 0) is 0 Å². The largest absolute Gasteiger partial charge is 0.504 e. The van der Waals surface area contributed by atoms with Crippen molar-refractivity contribution >= 4 is 32.3 Å². The zero-order chi connectivity index (χ0) is 24.1. The topological polar surface area (TPSA) is 80.9 Å². The van der Waals surface area contributed by atoms with Crippen LogP contribution in [-0.4, -0.2) is 20.4 Å². The fourth-order valence-electron chi connectivity index (χ4n) is 5.24. The molecule has 6 aromatic rings. The number of benzene rings is 6. The summed E-state index contributed by atoms with van der Waals surface area (Å²) in [6.07, 6.45) is 0. The second-order valence-corrected chi connectivity index (χ2v) is 8.76. The van der Waals surface area contributed by atoms with Gasteiger partial charge in [-0.2, -0.15) is 0 Å². The van der Waals surface area contributed by atoms with Gasteiger partial charge >= 0.3 is 0 Å². The standard InChI is InChI=1S/C31H22O4/c32-25-16-19-9-2-5-13-22(19)28(30(25)34)27(24-15-7-11-18-8-1-4-12-21(18)24)29-23-14-6-3-10-20(23)17-26(33)31(29)35/h1-17,27,32-35H. The molecule has 0 heterocycles. The van der Waals surface area contributed by atoms with Crippen molar-refractivity contribution in [2.75, 3.05) is 0 Å². The number of aromatic hydroxyl groups is 4. The Hall–Kier alpha value is -4.70. The van der Waals surface area contributed by atoms with E-state index in [1.165, 1.54) is 12.1 Å². The van der Waals surface area contributed by atoms with E-state index in [0.29, 0.717) is 11.1 Å². The highest BCUT2D eigenvalue weighted by Gasteiger charge is 2.30. The minimum absolute atomic E-state index is 0.243. The van der Waals surface area contributed by atoms with Crippen molar-refractivity contribution in [1.29, 1.82) is 0 Å². The van der Waals surface area contributed by atoms with Crippen LogP contribution < -0.4 is 0 Å². The molecule has 0 amide bonds. The normalized spacial score (nSPS) is 11.6. The van der Waals surface area contributed by atoms with Gasteiger partial charge in [-0.3, -0.25) is 0 Å². The van der Waals surface area contributed by atoms with Gasteiger partial charge in [0.05, 0.1) is 0 Å². The van der Waals surface area contributed by atoms with Crippen molar-refractivity contribution in [3.05, 3.63) is 120 Å². The Morgan fingerprint density at radius 3 is 1.40 bits per heavy atom. The number of hydrogen-bond acceptors (Lipinski definition) is 4. The third-order valence-electron chi connectivity index (χ3n) is 6.79. The molecule has 35 heavy (non-hydrogen) atoms. The number of phenolic OH excluding ortho intramolecular Hbond substituents is 4. The molecule has 0 aliphatic heterocycles. The van der Waals surface area contributed by atoms with Gasteiger partial charge < -0.3 is 20.4 Å². The summed E-state index contributed by atoms with van der Waals surface area (Å²) in [5.74, 6) is -1.70.